The molecule has 0 aliphatic carbocycles. The third-order valence-electron chi connectivity index (χ3n) is 4.34. The van der Waals surface area contributed by atoms with E-state index >= 15 is 0 Å². The molecule has 2 heterocycles. The van der Waals surface area contributed by atoms with Crippen molar-refractivity contribution < 1.29 is 17.9 Å². The Hall–Kier alpha value is -0.620. The summed E-state index contributed by atoms with van der Waals surface area (Å²) in [5.74, 6) is 0.234. The maximum atomic E-state index is 12.3. The van der Waals surface area contributed by atoms with Gasteiger partial charge in [0.25, 0.3) is 0 Å². The van der Waals surface area contributed by atoms with E-state index in [4.69, 9.17) is 4.74 Å². The van der Waals surface area contributed by atoms with E-state index in [1.165, 1.54) is 0 Å². The molecule has 6 heteroatoms. The first-order valence-corrected chi connectivity index (χ1v) is 8.58. The minimum absolute atomic E-state index is 0.0358. The smallest absolute Gasteiger partial charge is 0.225 e. The molecule has 2 fully saturated rings. The number of carbonyl (C=O) groups excluding carboxylic acids is 1. The summed E-state index contributed by atoms with van der Waals surface area (Å²) >= 11 is 0. The minimum Gasteiger partial charge on any atom is -0.381 e. The Bertz CT molecular complexity index is 451. The van der Waals surface area contributed by atoms with Crippen LogP contribution in [0.5, 0.6) is 0 Å². The molecule has 0 saturated carbocycles. The van der Waals surface area contributed by atoms with E-state index in [1.807, 2.05) is 20.8 Å². The van der Waals surface area contributed by atoms with Gasteiger partial charge in [-0.15, -0.1) is 0 Å². The average Bonchev–Trinajstić information content (AvgIpc) is 2.54. The first-order chi connectivity index (χ1) is 8.84. The van der Waals surface area contributed by atoms with Crippen molar-refractivity contribution in [3.63, 3.8) is 0 Å². The summed E-state index contributed by atoms with van der Waals surface area (Å²) in [6, 6.07) is 0. The lowest BCUT2D eigenvalue weighted by atomic mass is 9.83. The first kappa shape index (κ1) is 14.8. The lowest BCUT2D eigenvalue weighted by Gasteiger charge is -2.50. The van der Waals surface area contributed by atoms with Gasteiger partial charge in [-0.25, -0.2) is 8.42 Å². The van der Waals surface area contributed by atoms with Crippen LogP contribution in [0.4, 0.5) is 0 Å². The highest BCUT2D eigenvalue weighted by Crippen LogP contribution is 2.45. The Balaban J connectivity index is 2.10. The molecular formula is C13H23NO4S. The van der Waals surface area contributed by atoms with Gasteiger partial charge in [-0.05, 0) is 13.3 Å². The van der Waals surface area contributed by atoms with Crippen LogP contribution in [0.3, 0.4) is 0 Å². The molecule has 0 aromatic carbocycles. The largest absolute Gasteiger partial charge is 0.381 e. The summed E-state index contributed by atoms with van der Waals surface area (Å²) in [7, 11) is -3.10. The molecular weight excluding hydrogens is 266 g/mol. The van der Waals surface area contributed by atoms with Gasteiger partial charge in [-0.3, -0.25) is 4.79 Å². The average molecular weight is 289 g/mol. The number of hydrogen-bond donors (Lipinski definition) is 0. The molecule has 0 aromatic heterocycles. The van der Waals surface area contributed by atoms with Crippen molar-refractivity contribution in [1.82, 2.24) is 4.90 Å². The number of nitrogens with zero attached hydrogens (tertiary/aromatic N) is 1. The van der Waals surface area contributed by atoms with Crippen molar-refractivity contribution in [3.05, 3.63) is 0 Å². The zero-order valence-corrected chi connectivity index (χ0v) is 12.7. The fraction of sp³-hybridized carbons (Fsp3) is 0.923. The third kappa shape index (κ3) is 2.29. The number of ether oxygens (including phenoxy) is 1. The second kappa shape index (κ2) is 5.05. The first-order valence-electron chi connectivity index (χ1n) is 6.93. The zero-order chi connectivity index (χ0) is 14.3. The van der Waals surface area contributed by atoms with Gasteiger partial charge in [-0.2, -0.15) is 0 Å². The molecule has 1 amide bonds. The van der Waals surface area contributed by atoms with Crippen LogP contribution < -0.4 is 0 Å². The summed E-state index contributed by atoms with van der Waals surface area (Å²) in [6.07, 6.45) is 0.659. The van der Waals surface area contributed by atoms with Crippen LogP contribution in [0.25, 0.3) is 0 Å². The van der Waals surface area contributed by atoms with E-state index in [1.54, 1.807) is 4.90 Å². The second-order valence-electron chi connectivity index (χ2n) is 5.88. The number of carbonyl (C=O) groups is 1. The molecule has 2 rings (SSSR count). The molecule has 0 bridgehead atoms. The molecule has 110 valence electrons. The highest BCUT2D eigenvalue weighted by Gasteiger charge is 2.62. The fourth-order valence-corrected chi connectivity index (χ4v) is 5.49. The zero-order valence-electron chi connectivity index (χ0n) is 11.9. The van der Waals surface area contributed by atoms with Crippen molar-refractivity contribution in [2.45, 2.75) is 31.9 Å². The molecule has 2 aliphatic heterocycles. The van der Waals surface area contributed by atoms with Crippen LogP contribution in [0, 0.1) is 11.8 Å². The van der Waals surface area contributed by atoms with E-state index in [9.17, 15) is 13.2 Å². The lowest BCUT2D eigenvalue weighted by molar-refractivity contribution is -0.141. The molecule has 5 nitrogen and oxygen atoms in total. The SMILES string of the molecule is CCOC[C@@H]1CCS(=O)(=O)C12CN(C(=O)C(C)C)C2. The second-order valence-corrected chi connectivity index (χ2v) is 8.33. The molecule has 0 aromatic rings. The summed E-state index contributed by atoms with van der Waals surface area (Å²) in [4.78, 5) is 13.6. The van der Waals surface area contributed by atoms with Crippen LogP contribution in [0.1, 0.15) is 27.2 Å². The summed E-state index contributed by atoms with van der Waals surface area (Å²) < 4.78 is 29.3. The Kier molecular flexibility index (Phi) is 3.93. The Labute approximate surface area is 115 Å². The standard InChI is InChI=1S/C13H23NO4S/c1-4-18-7-11-5-6-19(16,17)13(11)8-14(9-13)12(15)10(2)3/h10-11H,4-9H2,1-3H3/t11-/m0/s1. The molecule has 2 aliphatic rings. The third-order valence-corrected chi connectivity index (χ3v) is 6.95. The van der Waals surface area contributed by atoms with Gasteiger partial charge in [0.2, 0.25) is 5.91 Å². The predicted octanol–water partition coefficient (Wildman–Crippen LogP) is 0.695. The quantitative estimate of drug-likeness (QED) is 0.764. The highest BCUT2D eigenvalue weighted by atomic mass is 32.2. The van der Waals surface area contributed by atoms with Gasteiger partial charge in [-0.1, -0.05) is 13.8 Å². The normalized spacial score (nSPS) is 27.8. The van der Waals surface area contributed by atoms with Gasteiger partial charge in [0, 0.05) is 31.5 Å². The number of rotatable bonds is 4. The Morgan fingerprint density at radius 1 is 1.42 bits per heavy atom. The predicted molar refractivity (Wildman–Crippen MR) is 72.5 cm³/mol. The van der Waals surface area contributed by atoms with Crippen molar-refractivity contribution >= 4 is 15.7 Å². The van der Waals surface area contributed by atoms with Crippen LogP contribution in [-0.2, 0) is 19.4 Å². The van der Waals surface area contributed by atoms with Crippen molar-refractivity contribution in [3.8, 4) is 0 Å². The van der Waals surface area contributed by atoms with Gasteiger partial charge in [0.05, 0.1) is 12.4 Å². The fourth-order valence-electron chi connectivity index (χ4n) is 3.09. The summed E-state index contributed by atoms with van der Waals surface area (Å²) in [5.41, 5.74) is 0. The minimum atomic E-state index is -3.10. The van der Waals surface area contributed by atoms with Gasteiger partial charge in [0.1, 0.15) is 4.75 Å². The maximum absolute atomic E-state index is 12.3. The highest BCUT2D eigenvalue weighted by molar-refractivity contribution is 7.93. The van der Waals surface area contributed by atoms with E-state index in [0.29, 0.717) is 32.7 Å². The number of likely N-dealkylation sites (tertiary alicyclic amines) is 1. The molecule has 0 radical (unpaired) electrons. The Morgan fingerprint density at radius 2 is 2.05 bits per heavy atom. The van der Waals surface area contributed by atoms with Crippen LogP contribution in [0.2, 0.25) is 0 Å². The molecule has 0 unspecified atom stereocenters. The summed E-state index contributed by atoms with van der Waals surface area (Å²) in [6.45, 7) is 7.38. The summed E-state index contributed by atoms with van der Waals surface area (Å²) in [5, 5.41) is 0. The van der Waals surface area contributed by atoms with E-state index in [-0.39, 0.29) is 23.5 Å². The maximum Gasteiger partial charge on any atom is 0.225 e. The number of hydrogen-bond acceptors (Lipinski definition) is 4. The van der Waals surface area contributed by atoms with Gasteiger partial charge < -0.3 is 9.64 Å². The number of sulfone groups is 1. The molecule has 1 spiro atoms. The van der Waals surface area contributed by atoms with E-state index < -0.39 is 14.6 Å². The van der Waals surface area contributed by atoms with Gasteiger partial charge in [0.15, 0.2) is 9.84 Å². The molecule has 0 N–H and O–H groups in total. The molecule has 19 heavy (non-hydrogen) atoms. The van der Waals surface area contributed by atoms with E-state index in [2.05, 4.69) is 0 Å². The molecule has 2 saturated heterocycles. The van der Waals surface area contributed by atoms with E-state index in [0.717, 1.165) is 0 Å². The van der Waals surface area contributed by atoms with Crippen LogP contribution in [0.15, 0.2) is 0 Å². The lowest BCUT2D eigenvalue weighted by Crippen LogP contribution is -2.69. The van der Waals surface area contributed by atoms with Crippen LogP contribution in [-0.4, -0.2) is 56.0 Å². The monoisotopic (exact) mass is 289 g/mol. The number of amides is 1. The van der Waals surface area contributed by atoms with Crippen molar-refractivity contribution in [1.29, 1.82) is 0 Å². The van der Waals surface area contributed by atoms with Crippen molar-refractivity contribution in [2.24, 2.45) is 11.8 Å². The van der Waals surface area contributed by atoms with Crippen molar-refractivity contribution in [2.75, 3.05) is 32.1 Å². The molecule has 1 atom stereocenters. The Morgan fingerprint density at radius 3 is 2.58 bits per heavy atom. The van der Waals surface area contributed by atoms with Gasteiger partial charge >= 0.3 is 0 Å². The topological polar surface area (TPSA) is 63.7 Å². The van der Waals surface area contributed by atoms with Crippen LogP contribution >= 0.6 is 0 Å².